The fourth-order valence-electron chi connectivity index (χ4n) is 1.73. The zero-order chi connectivity index (χ0) is 13.1. The lowest BCUT2D eigenvalue weighted by Crippen LogP contribution is -2.34. The molecule has 1 aliphatic rings. The van der Waals surface area contributed by atoms with Crippen molar-refractivity contribution >= 4 is 17.6 Å². The fourth-order valence-corrected chi connectivity index (χ4v) is 2.01. The summed E-state index contributed by atoms with van der Waals surface area (Å²) < 4.78 is 15.3. The van der Waals surface area contributed by atoms with Crippen molar-refractivity contribution in [3.05, 3.63) is 22.7 Å². The topological polar surface area (TPSA) is 70.8 Å². The molecule has 0 radical (unpaired) electrons. The van der Waals surface area contributed by atoms with E-state index in [-0.39, 0.29) is 6.79 Å². The standard InChI is InChI=1S/C12H14ClNO4/c1-2-16-12(15)9(14)4-7-3-8(13)11-10(5-7)17-6-18-11/h3,5,9H,2,4,6,14H2,1H3. The first-order valence-corrected chi connectivity index (χ1v) is 6.00. The van der Waals surface area contributed by atoms with E-state index in [1.807, 2.05) is 0 Å². The Morgan fingerprint density at radius 2 is 2.33 bits per heavy atom. The van der Waals surface area contributed by atoms with Gasteiger partial charge in [-0.05, 0) is 31.0 Å². The van der Waals surface area contributed by atoms with E-state index in [1.54, 1.807) is 19.1 Å². The van der Waals surface area contributed by atoms with Gasteiger partial charge in [0.05, 0.1) is 11.6 Å². The van der Waals surface area contributed by atoms with Gasteiger partial charge >= 0.3 is 5.97 Å². The van der Waals surface area contributed by atoms with Crippen molar-refractivity contribution in [3.63, 3.8) is 0 Å². The molecule has 5 nitrogen and oxygen atoms in total. The monoisotopic (exact) mass is 271 g/mol. The molecule has 1 unspecified atom stereocenters. The number of hydrogen-bond donors (Lipinski definition) is 1. The lowest BCUT2D eigenvalue weighted by molar-refractivity contribution is -0.144. The average Bonchev–Trinajstić information content (AvgIpc) is 2.77. The molecule has 1 aromatic rings. The molecule has 0 bridgehead atoms. The second-order valence-electron chi connectivity index (χ2n) is 3.87. The van der Waals surface area contributed by atoms with Crippen LogP contribution < -0.4 is 15.2 Å². The van der Waals surface area contributed by atoms with Gasteiger partial charge in [0.2, 0.25) is 6.79 Å². The molecule has 98 valence electrons. The molecule has 2 N–H and O–H groups in total. The number of carbonyl (C=O) groups is 1. The first kappa shape index (κ1) is 13.0. The first-order valence-electron chi connectivity index (χ1n) is 5.62. The molecular weight excluding hydrogens is 258 g/mol. The van der Waals surface area contributed by atoms with Crippen LogP contribution in [0.25, 0.3) is 0 Å². The van der Waals surface area contributed by atoms with Crippen molar-refractivity contribution in [3.8, 4) is 11.5 Å². The Labute approximate surface area is 110 Å². The summed E-state index contributed by atoms with van der Waals surface area (Å²) in [4.78, 5) is 11.4. The minimum atomic E-state index is -0.707. The zero-order valence-corrected chi connectivity index (χ0v) is 10.7. The van der Waals surface area contributed by atoms with E-state index in [0.29, 0.717) is 29.5 Å². The van der Waals surface area contributed by atoms with Crippen LogP contribution in [-0.2, 0) is 16.0 Å². The van der Waals surface area contributed by atoms with Gasteiger partial charge in [0, 0.05) is 0 Å². The fraction of sp³-hybridized carbons (Fsp3) is 0.417. The molecule has 1 aliphatic heterocycles. The van der Waals surface area contributed by atoms with Gasteiger partial charge < -0.3 is 19.9 Å². The molecule has 0 spiro atoms. The van der Waals surface area contributed by atoms with Gasteiger partial charge in [-0.3, -0.25) is 4.79 Å². The van der Waals surface area contributed by atoms with Crippen molar-refractivity contribution in [1.29, 1.82) is 0 Å². The van der Waals surface area contributed by atoms with Crippen molar-refractivity contribution in [2.75, 3.05) is 13.4 Å². The summed E-state index contributed by atoms with van der Waals surface area (Å²) in [5.74, 6) is 0.685. The molecule has 2 rings (SSSR count). The number of hydrogen-bond acceptors (Lipinski definition) is 5. The second-order valence-corrected chi connectivity index (χ2v) is 4.28. The van der Waals surface area contributed by atoms with E-state index >= 15 is 0 Å². The van der Waals surface area contributed by atoms with E-state index in [4.69, 9.17) is 31.5 Å². The van der Waals surface area contributed by atoms with Crippen molar-refractivity contribution in [2.45, 2.75) is 19.4 Å². The molecule has 1 aromatic carbocycles. The van der Waals surface area contributed by atoms with Gasteiger partial charge in [-0.1, -0.05) is 11.6 Å². The number of ether oxygens (including phenoxy) is 3. The molecule has 0 amide bonds. The highest BCUT2D eigenvalue weighted by Crippen LogP contribution is 2.39. The SMILES string of the molecule is CCOC(=O)C(N)Cc1cc(Cl)c2c(c1)OCO2. The zero-order valence-electron chi connectivity index (χ0n) is 9.94. The summed E-state index contributed by atoms with van der Waals surface area (Å²) in [5.41, 5.74) is 6.55. The van der Waals surface area contributed by atoms with Crippen LogP contribution in [0.4, 0.5) is 0 Å². The highest BCUT2D eigenvalue weighted by Gasteiger charge is 2.21. The maximum Gasteiger partial charge on any atom is 0.323 e. The minimum absolute atomic E-state index is 0.155. The van der Waals surface area contributed by atoms with Crippen LogP contribution in [-0.4, -0.2) is 25.4 Å². The third-order valence-electron chi connectivity index (χ3n) is 2.53. The average molecular weight is 272 g/mol. The van der Waals surface area contributed by atoms with Crippen LogP contribution in [0, 0.1) is 0 Å². The third kappa shape index (κ3) is 2.68. The number of benzene rings is 1. The van der Waals surface area contributed by atoms with E-state index < -0.39 is 12.0 Å². The normalized spacial score (nSPS) is 14.4. The largest absolute Gasteiger partial charge is 0.465 e. The quantitative estimate of drug-likeness (QED) is 0.841. The third-order valence-corrected chi connectivity index (χ3v) is 2.81. The molecular formula is C12H14ClNO4. The number of fused-ring (bicyclic) bond motifs is 1. The highest BCUT2D eigenvalue weighted by molar-refractivity contribution is 6.32. The predicted octanol–water partition coefficient (Wildman–Crippen LogP) is 1.50. The summed E-state index contributed by atoms with van der Waals surface area (Å²) in [6, 6.07) is 2.78. The van der Waals surface area contributed by atoms with Crippen LogP contribution in [0.2, 0.25) is 5.02 Å². The lowest BCUT2D eigenvalue weighted by Gasteiger charge is -2.11. The first-order chi connectivity index (χ1) is 8.61. The van der Waals surface area contributed by atoms with Crippen LogP contribution in [0.1, 0.15) is 12.5 Å². The van der Waals surface area contributed by atoms with Crippen LogP contribution in [0.3, 0.4) is 0 Å². The number of carbonyl (C=O) groups excluding carboxylic acids is 1. The number of halogens is 1. The second kappa shape index (κ2) is 5.46. The molecule has 0 aromatic heterocycles. The molecule has 0 fully saturated rings. The Morgan fingerprint density at radius 3 is 3.06 bits per heavy atom. The predicted molar refractivity (Wildman–Crippen MR) is 65.9 cm³/mol. The molecule has 1 heterocycles. The van der Waals surface area contributed by atoms with Crippen molar-refractivity contribution in [2.24, 2.45) is 5.73 Å². The lowest BCUT2D eigenvalue weighted by atomic mass is 10.1. The summed E-state index contributed by atoms with van der Waals surface area (Å²) in [6.07, 6.45) is 0.342. The summed E-state index contributed by atoms with van der Waals surface area (Å²) in [6.45, 7) is 2.21. The van der Waals surface area contributed by atoms with E-state index in [2.05, 4.69) is 0 Å². The maximum absolute atomic E-state index is 11.4. The summed E-state index contributed by atoms with van der Waals surface area (Å²) in [5, 5.41) is 0.455. The Kier molecular flexibility index (Phi) is 3.93. The van der Waals surface area contributed by atoms with Gasteiger partial charge in [-0.2, -0.15) is 0 Å². The molecule has 0 saturated carbocycles. The Hall–Kier alpha value is -1.46. The van der Waals surface area contributed by atoms with E-state index in [0.717, 1.165) is 5.56 Å². The smallest absolute Gasteiger partial charge is 0.323 e. The molecule has 6 heteroatoms. The maximum atomic E-state index is 11.4. The Bertz CT molecular complexity index is 464. The molecule has 18 heavy (non-hydrogen) atoms. The van der Waals surface area contributed by atoms with Crippen molar-refractivity contribution < 1.29 is 19.0 Å². The van der Waals surface area contributed by atoms with Crippen LogP contribution >= 0.6 is 11.6 Å². The Balaban J connectivity index is 2.10. The summed E-state index contributed by atoms with van der Waals surface area (Å²) in [7, 11) is 0. The van der Waals surface area contributed by atoms with Gasteiger partial charge in [0.15, 0.2) is 11.5 Å². The van der Waals surface area contributed by atoms with Gasteiger partial charge in [-0.15, -0.1) is 0 Å². The number of esters is 1. The van der Waals surface area contributed by atoms with Crippen molar-refractivity contribution in [1.82, 2.24) is 0 Å². The number of rotatable bonds is 4. The Morgan fingerprint density at radius 1 is 1.56 bits per heavy atom. The van der Waals surface area contributed by atoms with E-state index in [1.165, 1.54) is 0 Å². The van der Waals surface area contributed by atoms with Gasteiger partial charge in [0.1, 0.15) is 6.04 Å². The van der Waals surface area contributed by atoms with Gasteiger partial charge in [0.25, 0.3) is 0 Å². The number of nitrogens with two attached hydrogens (primary N) is 1. The van der Waals surface area contributed by atoms with Gasteiger partial charge in [-0.25, -0.2) is 0 Å². The van der Waals surface area contributed by atoms with E-state index in [9.17, 15) is 4.79 Å². The van der Waals surface area contributed by atoms with Crippen LogP contribution in [0.15, 0.2) is 12.1 Å². The molecule has 0 aliphatic carbocycles. The molecule has 1 atom stereocenters. The summed E-state index contributed by atoms with van der Waals surface area (Å²) >= 11 is 6.04. The molecule has 0 saturated heterocycles. The van der Waals surface area contributed by atoms with Crippen LogP contribution in [0.5, 0.6) is 11.5 Å². The minimum Gasteiger partial charge on any atom is -0.465 e. The highest BCUT2D eigenvalue weighted by atomic mass is 35.5.